The average Bonchev–Trinajstić information content (AvgIpc) is 2.94. The number of carbonyl (C=O) groups is 1. The highest BCUT2D eigenvalue weighted by molar-refractivity contribution is 9.10. The van der Waals surface area contributed by atoms with Crippen molar-refractivity contribution in [3.05, 3.63) is 45.2 Å². The minimum Gasteiger partial charge on any atom is -0.481 e. The molecule has 0 aliphatic heterocycles. The Morgan fingerprint density at radius 2 is 2.15 bits per heavy atom. The van der Waals surface area contributed by atoms with E-state index in [2.05, 4.69) is 20.9 Å². The van der Waals surface area contributed by atoms with Crippen molar-refractivity contribution in [3.8, 4) is 10.6 Å². The highest BCUT2D eigenvalue weighted by atomic mass is 79.9. The number of halogens is 1. The standard InChI is InChI=1S/C15H12BrNO2S/c1-8-2-5-13(20-8)15-11(7-14(18)19)10-6-9(16)3-4-12(10)17-15/h2-6,17H,7H2,1H3,(H,18,19). The van der Waals surface area contributed by atoms with Gasteiger partial charge < -0.3 is 10.1 Å². The Balaban J connectivity index is 2.27. The summed E-state index contributed by atoms with van der Waals surface area (Å²) in [5.74, 6) is -0.819. The summed E-state index contributed by atoms with van der Waals surface area (Å²) in [6.07, 6.45) is 0.0166. The van der Waals surface area contributed by atoms with E-state index in [9.17, 15) is 4.79 Å². The van der Waals surface area contributed by atoms with Crippen LogP contribution in [0.2, 0.25) is 0 Å². The van der Waals surface area contributed by atoms with Crippen molar-refractivity contribution in [1.29, 1.82) is 0 Å². The monoisotopic (exact) mass is 349 g/mol. The normalized spacial score (nSPS) is 11.1. The highest BCUT2D eigenvalue weighted by Gasteiger charge is 2.17. The van der Waals surface area contributed by atoms with Gasteiger partial charge in [0.15, 0.2) is 0 Å². The molecular formula is C15H12BrNO2S. The molecular weight excluding hydrogens is 338 g/mol. The van der Waals surface area contributed by atoms with Crippen molar-refractivity contribution < 1.29 is 9.90 Å². The molecule has 0 amide bonds. The molecule has 0 spiro atoms. The number of hydrogen-bond donors (Lipinski definition) is 2. The fourth-order valence-corrected chi connectivity index (χ4v) is 3.59. The first-order chi connectivity index (χ1) is 9.54. The summed E-state index contributed by atoms with van der Waals surface area (Å²) in [6.45, 7) is 2.05. The molecule has 102 valence electrons. The van der Waals surface area contributed by atoms with Crippen LogP contribution in [0.3, 0.4) is 0 Å². The number of aliphatic carboxylic acids is 1. The second-order valence-corrected chi connectivity index (χ2v) is 6.85. The number of rotatable bonds is 3. The van der Waals surface area contributed by atoms with E-state index in [1.54, 1.807) is 11.3 Å². The third kappa shape index (κ3) is 2.39. The molecule has 20 heavy (non-hydrogen) atoms. The Bertz CT molecular complexity index is 803. The third-order valence-electron chi connectivity index (χ3n) is 3.18. The fourth-order valence-electron chi connectivity index (χ4n) is 2.33. The van der Waals surface area contributed by atoms with E-state index in [1.807, 2.05) is 37.3 Å². The largest absolute Gasteiger partial charge is 0.481 e. The van der Waals surface area contributed by atoms with Gasteiger partial charge in [0, 0.05) is 20.3 Å². The molecule has 3 nitrogen and oxygen atoms in total. The van der Waals surface area contributed by atoms with E-state index < -0.39 is 5.97 Å². The number of fused-ring (bicyclic) bond motifs is 1. The lowest BCUT2D eigenvalue weighted by Crippen LogP contribution is -2.00. The van der Waals surface area contributed by atoms with Crippen LogP contribution in [0.1, 0.15) is 10.4 Å². The summed E-state index contributed by atoms with van der Waals surface area (Å²) in [4.78, 5) is 16.8. The fraction of sp³-hybridized carbons (Fsp3) is 0.133. The number of carboxylic acid groups (broad SMARTS) is 1. The lowest BCUT2D eigenvalue weighted by atomic mass is 10.1. The van der Waals surface area contributed by atoms with E-state index in [1.165, 1.54) is 4.88 Å². The number of aromatic nitrogens is 1. The van der Waals surface area contributed by atoms with E-state index in [-0.39, 0.29) is 6.42 Å². The third-order valence-corrected chi connectivity index (χ3v) is 4.69. The Hall–Kier alpha value is -1.59. The van der Waals surface area contributed by atoms with E-state index in [0.29, 0.717) is 0 Å². The first kappa shape index (κ1) is 13.4. The van der Waals surface area contributed by atoms with Gasteiger partial charge in [-0.2, -0.15) is 0 Å². The summed E-state index contributed by atoms with van der Waals surface area (Å²) in [6, 6.07) is 9.96. The van der Waals surface area contributed by atoms with Crippen molar-refractivity contribution in [2.45, 2.75) is 13.3 Å². The Kier molecular flexibility index (Phi) is 3.40. The number of thiophene rings is 1. The van der Waals surface area contributed by atoms with Gasteiger partial charge in [0.1, 0.15) is 0 Å². The molecule has 0 aliphatic rings. The molecule has 5 heteroatoms. The van der Waals surface area contributed by atoms with Gasteiger partial charge in [0.05, 0.1) is 17.0 Å². The summed E-state index contributed by atoms with van der Waals surface area (Å²) >= 11 is 5.11. The molecule has 3 rings (SSSR count). The van der Waals surface area contributed by atoms with Crippen molar-refractivity contribution in [2.24, 2.45) is 0 Å². The average molecular weight is 350 g/mol. The number of carboxylic acids is 1. The molecule has 0 unspecified atom stereocenters. The van der Waals surface area contributed by atoms with Crippen LogP contribution in [0, 0.1) is 6.92 Å². The van der Waals surface area contributed by atoms with Crippen molar-refractivity contribution in [3.63, 3.8) is 0 Å². The molecule has 0 aliphatic carbocycles. The summed E-state index contributed by atoms with van der Waals surface area (Å²) < 4.78 is 0.949. The minimum absolute atomic E-state index is 0.0166. The first-order valence-electron chi connectivity index (χ1n) is 6.13. The second kappa shape index (κ2) is 5.07. The van der Waals surface area contributed by atoms with Crippen LogP contribution in [0.5, 0.6) is 0 Å². The van der Waals surface area contributed by atoms with Gasteiger partial charge in [-0.25, -0.2) is 0 Å². The molecule has 0 fully saturated rings. The van der Waals surface area contributed by atoms with Crippen LogP contribution in [0.15, 0.2) is 34.8 Å². The van der Waals surface area contributed by atoms with Crippen LogP contribution in [0.4, 0.5) is 0 Å². The second-order valence-electron chi connectivity index (χ2n) is 4.65. The van der Waals surface area contributed by atoms with Crippen LogP contribution in [-0.2, 0) is 11.2 Å². The molecule has 0 saturated carbocycles. The summed E-state index contributed by atoms with van der Waals surface area (Å²) in [7, 11) is 0. The molecule has 2 aromatic heterocycles. The van der Waals surface area contributed by atoms with Crippen LogP contribution in [-0.4, -0.2) is 16.1 Å². The van der Waals surface area contributed by atoms with Crippen molar-refractivity contribution in [2.75, 3.05) is 0 Å². The van der Waals surface area contributed by atoms with E-state index in [4.69, 9.17) is 5.11 Å². The Labute approximate surface area is 128 Å². The molecule has 1 aromatic carbocycles. The topological polar surface area (TPSA) is 53.1 Å². The zero-order chi connectivity index (χ0) is 14.3. The zero-order valence-electron chi connectivity index (χ0n) is 10.7. The number of nitrogens with one attached hydrogen (secondary N) is 1. The number of aromatic amines is 1. The number of benzene rings is 1. The minimum atomic E-state index is -0.819. The van der Waals surface area contributed by atoms with Crippen LogP contribution < -0.4 is 0 Å². The molecule has 2 N–H and O–H groups in total. The maximum Gasteiger partial charge on any atom is 0.307 e. The van der Waals surface area contributed by atoms with Crippen molar-refractivity contribution in [1.82, 2.24) is 4.98 Å². The number of hydrogen-bond acceptors (Lipinski definition) is 2. The van der Waals surface area contributed by atoms with Gasteiger partial charge in [0.25, 0.3) is 0 Å². The number of aryl methyl sites for hydroxylation is 1. The van der Waals surface area contributed by atoms with Crippen molar-refractivity contribution >= 4 is 44.1 Å². The SMILES string of the molecule is Cc1ccc(-c2[nH]c3ccc(Br)cc3c2CC(=O)O)s1. The van der Waals surface area contributed by atoms with Gasteiger partial charge in [-0.05, 0) is 42.8 Å². The predicted octanol–water partition coefficient (Wildman–Crippen LogP) is 4.59. The molecule has 0 atom stereocenters. The highest BCUT2D eigenvalue weighted by Crippen LogP contribution is 2.35. The lowest BCUT2D eigenvalue weighted by molar-refractivity contribution is -0.136. The summed E-state index contributed by atoms with van der Waals surface area (Å²) in [5.41, 5.74) is 2.72. The maximum atomic E-state index is 11.2. The first-order valence-corrected chi connectivity index (χ1v) is 7.74. The zero-order valence-corrected chi connectivity index (χ0v) is 13.1. The van der Waals surface area contributed by atoms with Gasteiger partial charge in [-0.1, -0.05) is 15.9 Å². The molecule has 0 bridgehead atoms. The van der Waals surface area contributed by atoms with E-state index in [0.717, 1.165) is 31.5 Å². The van der Waals surface area contributed by atoms with Gasteiger partial charge in [0.2, 0.25) is 0 Å². The van der Waals surface area contributed by atoms with Crippen LogP contribution >= 0.6 is 27.3 Å². The molecule has 3 aromatic rings. The Morgan fingerprint density at radius 3 is 2.80 bits per heavy atom. The number of H-pyrrole nitrogens is 1. The predicted molar refractivity (Wildman–Crippen MR) is 85.4 cm³/mol. The molecule has 0 radical (unpaired) electrons. The van der Waals surface area contributed by atoms with E-state index >= 15 is 0 Å². The smallest absolute Gasteiger partial charge is 0.307 e. The molecule has 2 heterocycles. The quantitative estimate of drug-likeness (QED) is 0.726. The lowest BCUT2D eigenvalue weighted by Gasteiger charge is -2.00. The van der Waals surface area contributed by atoms with Gasteiger partial charge in [-0.3, -0.25) is 4.79 Å². The van der Waals surface area contributed by atoms with Crippen LogP contribution in [0.25, 0.3) is 21.5 Å². The van der Waals surface area contributed by atoms with Gasteiger partial charge >= 0.3 is 5.97 Å². The van der Waals surface area contributed by atoms with Gasteiger partial charge in [-0.15, -0.1) is 11.3 Å². The summed E-state index contributed by atoms with van der Waals surface area (Å²) in [5, 5.41) is 10.1. The maximum absolute atomic E-state index is 11.2. The molecule has 0 saturated heterocycles. The Morgan fingerprint density at radius 1 is 1.35 bits per heavy atom.